The van der Waals surface area contributed by atoms with Crippen LogP contribution in [0.4, 0.5) is 18.0 Å². The summed E-state index contributed by atoms with van der Waals surface area (Å²) in [5, 5.41) is 8.31. The number of piperidine rings is 2. The number of carbonyl (C=O) groups excluding carboxylic acids is 3. The van der Waals surface area contributed by atoms with E-state index in [1.165, 1.54) is 0 Å². The fourth-order valence-electron chi connectivity index (χ4n) is 6.91. The van der Waals surface area contributed by atoms with Crippen LogP contribution in [0.1, 0.15) is 58.8 Å². The van der Waals surface area contributed by atoms with Gasteiger partial charge in [-0.3, -0.25) is 14.9 Å². The van der Waals surface area contributed by atoms with Crippen molar-refractivity contribution in [1.29, 1.82) is 0 Å². The number of carbonyl (C=O) groups is 3. The highest BCUT2D eigenvalue weighted by Crippen LogP contribution is 2.43. The lowest BCUT2D eigenvalue weighted by atomic mass is 9.65. The molecular weight excluding hydrogens is 461 g/mol. The minimum absolute atomic E-state index is 0.0936. The normalized spacial score (nSPS) is 44.3. The number of hydrogen-bond donors (Lipinski definition) is 3. The van der Waals surface area contributed by atoms with Gasteiger partial charge in [-0.25, -0.2) is 18.0 Å². The smallest absolute Gasteiger partial charge is 0.321 e. The SMILES string of the molecule is CC1CC2C(CN1)CC(C1CC(NC(=O)NC(=O)C3C(F)CCC(F)C3F)CCC1C)C(=O)N2C. The van der Waals surface area contributed by atoms with Crippen LogP contribution in [0, 0.1) is 29.6 Å². The van der Waals surface area contributed by atoms with Gasteiger partial charge in [0.25, 0.3) is 0 Å². The maximum Gasteiger partial charge on any atom is 0.321 e. The van der Waals surface area contributed by atoms with Crippen LogP contribution >= 0.6 is 0 Å². The number of imide groups is 1. The molecule has 198 valence electrons. The Morgan fingerprint density at radius 3 is 2.46 bits per heavy atom. The van der Waals surface area contributed by atoms with E-state index in [2.05, 4.69) is 24.5 Å². The van der Waals surface area contributed by atoms with E-state index in [1.807, 2.05) is 17.3 Å². The van der Waals surface area contributed by atoms with Crippen LogP contribution in [0.3, 0.4) is 0 Å². The molecule has 2 saturated carbocycles. The molecule has 35 heavy (non-hydrogen) atoms. The topological polar surface area (TPSA) is 90.5 Å². The highest BCUT2D eigenvalue weighted by molar-refractivity contribution is 5.96. The van der Waals surface area contributed by atoms with E-state index in [-0.39, 0.29) is 42.7 Å². The van der Waals surface area contributed by atoms with Crippen LogP contribution in [0.2, 0.25) is 0 Å². The molecule has 7 nitrogen and oxygen atoms in total. The van der Waals surface area contributed by atoms with Gasteiger partial charge in [-0.15, -0.1) is 0 Å². The zero-order valence-electron chi connectivity index (χ0n) is 20.8. The molecule has 2 saturated heterocycles. The van der Waals surface area contributed by atoms with Crippen molar-refractivity contribution in [3.8, 4) is 0 Å². The molecule has 2 heterocycles. The van der Waals surface area contributed by atoms with Crippen molar-refractivity contribution < 1.29 is 27.6 Å². The summed E-state index contributed by atoms with van der Waals surface area (Å²) in [4.78, 5) is 40.1. The van der Waals surface area contributed by atoms with E-state index in [4.69, 9.17) is 0 Å². The quantitative estimate of drug-likeness (QED) is 0.556. The summed E-state index contributed by atoms with van der Waals surface area (Å²) in [5.41, 5.74) is 0. The lowest BCUT2D eigenvalue weighted by Crippen LogP contribution is -2.60. The highest BCUT2D eigenvalue weighted by Gasteiger charge is 2.48. The van der Waals surface area contributed by atoms with Crippen LogP contribution in [0.25, 0.3) is 0 Å². The minimum atomic E-state index is -2.26. The number of nitrogens with zero attached hydrogens (tertiary/aromatic N) is 1. The van der Waals surface area contributed by atoms with E-state index in [0.29, 0.717) is 30.7 Å². The summed E-state index contributed by atoms with van der Waals surface area (Å²) in [5.74, 6) is -2.09. The molecule has 4 aliphatic rings. The largest absolute Gasteiger partial charge is 0.342 e. The molecule has 0 aromatic carbocycles. The van der Waals surface area contributed by atoms with Gasteiger partial charge in [0, 0.05) is 37.6 Å². The third-order valence-corrected chi connectivity index (χ3v) is 9.03. The zero-order chi connectivity index (χ0) is 25.4. The highest BCUT2D eigenvalue weighted by atomic mass is 19.2. The van der Waals surface area contributed by atoms with Crippen molar-refractivity contribution in [2.24, 2.45) is 29.6 Å². The van der Waals surface area contributed by atoms with Crippen LogP contribution in [-0.2, 0) is 9.59 Å². The molecule has 11 unspecified atom stereocenters. The number of urea groups is 1. The molecule has 11 atom stereocenters. The second-order valence-electron chi connectivity index (χ2n) is 11.4. The second-order valence-corrected chi connectivity index (χ2v) is 11.4. The fraction of sp³-hybridized carbons (Fsp3) is 0.880. The number of fused-ring (bicyclic) bond motifs is 1. The number of nitrogens with one attached hydrogen (secondary N) is 3. The number of rotatable bonds is 3. The lowest BCUT2D eigenvalue weighted by molar-refractivity contribution is -0.148. The molecule has 0 spiro atoms. The Bertz CT molecular complexity index is 817. The molecule has 0 radical (unpaired) electrons. The van der Waals surface area contributed by atoms with Gasteiger partial charge < -0.3 is 15.5 Å². The molecule has 0 aromatic rings. The van der Waals surface area contributed by atoms with E-state index in [1.54, 1.807) is 0 Å². The maximum absolute atomic E-state index is 14.1. The average molecular weight is 501 g/mol. The van der Waals surface area contributed by atoms with Gasteiger partial charge in [0.05, 0.1) is 0 Å². The van der Waals surface area contributed by atoms with E-state index < -0.39 is 36.4 Å². The Kier molecular flexibility index (Phi) is 7.98. The second kappa shape index (κ2) is 10.6. The van der Waals surface area contributed by atoms with Crippen molar-refractivity contribution in [2.45, 2.75) is 95.4 Å². The first-order valence-corrected chi connectivity index (χ1v) is 13.1. The number of likely N-dealkylation sites (tertiary alicyclic amines) is 1. The molecule has 0 bridgehead atoms. The molecule has 2 aliphatic heterocycles. The van der Waals surface area contributed by atoms with E-state index in [9.17, 15) is 27.6 Å². The van der Waals surface area contributed by atoms with Gasteiger partial charge in [0.15, 0.2) is 0 Å². The average Bonchev–Trinajstić information content (AvgIpc) is 2.80. The van der Waals surface area contributed by atoms with Crippen LogP contribution in [0.15, 0.2) is 0 Å². The number of halogens is 3. The molecule has 0 aromatic heterocycles. The number of alkyl halides is 3. The predicted octanol–water partition coefficient (Wildman–Crippen LogP) is 2.89. The van der Waals surface area contributed by atoms with Gasteiger partial charge in [-0.2, -0.15) is 0 Å². The van der Waals surface area contributed by atoms with Crippen molar-refractivity contribution in [1.82, 2.24) is 20.9 Å². The Morgan fingerprint density at radius 2 is 1.71 bits per heavy atom. The Hall–Kier alpha value is -1.84. The van der Waals surface area contributed by atoms with Crippen molar-refractivity contribution >= 4 is 17.8 Å². The van der Waals surface area contributed by atoms with Crippen molar-refractivity contribution in [3.63, 3.8) is 0 Å². The molecule has 4 amide bonds. The minimum Gasteiger partial charge on any atom is -0.342 e. The first-order valence-electron chi connectivity index (χ1n) is 13.1. The van der Waals surface area contributed by atoms with Gasteiger partial charge in [-0.1, -0.05) is 6.92 Å². The van der Waals surface area contributed by atoms with Gasteiger partial charge in [-0.05, 0) is 69.6 Å². The molecule has 3 N–H and O–H groups in total. The summed E-state index contributed by atoms with van der Waals surface area (Å²) in [6.07, 6.45) is -2.63. The molecule has 2 aliphatic carbocycles. The Morgan fingerprint density at radius 1 is 1.00 bits per heavy atom. The molecule has 4 fully saturated rings. The van der Waals surface area contributed by atoms with Crippen LogP contribution < -0.4 is 16.0 Å². The van der Waals surface area contributed by atoms with Crippen LogP contribution in [0.5, 0.6) is 0 Å². The fourth-order valence-corrected chi connectivity index (χ4v) is 6.91. The standard InChI is InChI=1S/C25H39F3N4O3/c1-12-4-5-15(30-25(35)31-23(33)21-18(26)6-7-19(27)22(21)28)10-16(12)17-9-14-11-29-13(2)8-20(14)32(3)24(17)34/h12-22,29H,4-11H2,1-3H3,(H2,30,31,33,35). The first-order chi connectivity index (χ1) is 16.6. The monoisotopic (exact) mass is 500 g/mol. The predicted molar refractivity (Wildman–Crippen MR) is 125 cm³/mol. The molecule has 4 rings (SSSR count). The van der Waals surface area contributed by atoms with Crippen molar-refractivity contribution in [2.75, 3.05) is 13.6 Å². The van der Waals surface area contributed by atoms with E-state index >= 15 is 0 Å². The Balaban J connectivity index is 1.35. The number of hydrogen-bond acceptors (Lipinski definition) is 4. The first kappa shape index (κ1) is 26.2. The maximum atomic E-state index is 14.1. The summed E-state index contributed by atoms with van der Waals surface area (Å²) < 4.78 is 41.9. The molecular formula is C25H39F3N4O3. The third-order valence-electron chi connectivity index (χ3n) is 9.03. The molecule has 10 heteroatoms. The lowest BCUT2D eigenvalue weighted by Gasteiger charge is -2.50. The van der Waals surface area contributed by atoms with E-state index in [0.717, 1.165) is 25.8 Å². The third kappa shape index (κ3) is 5.47. The summed E-state index contributed by atoms with van der Waals surface area (Å²) in [6.45, 7) is 5.17. The summed E-state index contributed by atoms with van der Waals surface area (Å²) in [6, 6.07) is -0.448. The zero-order valence-corrected chi connectivity index (χ0v) is 20.8. The van der Waals surface area contributed by atoms with Gasteiger partial charge in [0.1, 0.15) is 24.4 Å². The summed E-state index contributed by atoms with van der Waals surface area (Å²) >= 11 is 0. The van der Waals surface area contributed by atoms with Crippen LogP contribution in [-0.4, -0.2) is 73.0 Å². The summed E-state index contributed by atoms with van der Waals surface area (Å²) in [7, 11) is 1.90. The van der Waals surface area contributed by atoms with Crippen molar-refractivity contribution in [3.05, 3.63) is 0 Å². The number of amides is 4. The Labute approximate surface area is 205 Å². The van der Waals surface area contributed by atoms with Gasteiger partial charge >= 0.3 is 6.03 Å². The van der Waals surface area contributed by atoms with Gasteiger partial charge in [0.2, 0.25) is 11.8 Å².